The molecule has 0 saturated carbocycles. The highest BCUT2D eigenvalue weighted by molar-refractivity contribution is 7.80. The van der Waals surface area contributed by atoms with E-state index >= 15 is 0 Å². The van der Waals surface area contributed by atoms with Crippen LogP contribution in [0.15, 0.2) is 24.3 Å². The van der Waals surface area contributed by atoms with E-state index in [2.05, 4.69) is 4.98 Å². The first-order chi connectivity index (χ1) is 6.79. The Labute approximate surface area is 88.4 Å². The average Bonchev–Trinajstić information content (AvgIpc) is 2.59. The molecule has 1 atom stereocenters. The molecule has 0 radical (unpaired) electrons. The van der Waals surface area contributed by atoms with Crippen LogP contribution in [0.3, 0.4) is 0 Å². The maximum Gasteiger partial charge on any atom is 0.289 e. The molecule has 0 saturated heterocycles. The summed E-state index contributed by atoms with van der Waals surface area (Å²) in [7, 11) is 0. The maximum atomic E-state index is 11.1. The number of benzene rings is 1. The predicted octanol–water partition coefficient (Wildman–Crippen LogP) is 2.36. The predicted molar refractivity (Wildman–Crippen MR) is 58.9 cm³/mol. The van der Waals surface area contributed by atoms with Gasteiger partial charge in [0.1, 0.15) is 0 Å². The van der Waals surface area contributed by atoms with Crippen molar-refractivity contribution in [3.05, 3.63) is 24.3 Å². The lowest BCUT2D eigenvalue weighted by atomic mass is 10.3. The Kier molecular flexibility index (Phi) is 2.79. The molecular formula is C9H9NO2S2. The average molecular weight is 227 g/mol. The number of nitrogens with zero attached hydrogens (tertiary/aromatic N) is 1. The third kappa shape index (κ3) is 1.93. The SMILES string of the molecule is CCS(=O)Oc1nc2ccccc2s1. The lowest BCUT2D eigenvalue weighted by Gasteiger charge is -1.94. The van der Waals surface area contributed by atoms with Gasteiger partial charge in [-0.2, -0.15) is 0 Å². The molecule has 0 aliphatic carbocycles. The van der Waals surface area contributed by atoms with Crippen molar-refractivity contribution in [1.29, 1.82) is 0 Å². The van der Waals surface area contributed by atoms with Crippen LogP contribution in [-0.2, 0) is 11.1 Å². The summed E-state index contributed by atoms with van der Waals surface area (Å²) in [5, 5.41) is 0.478. The zero-order chi connectivity index (χ0) is 9.97. The van der Waals surface area contributed by atoms with Crippen molar-refractivity contribution in [1.82, 2.24) is 4.98 Å². The Bertz CT molecular complexity index is 434. The van der Waals surface area contributed by atoms with Gasteiger partial charge in [-0.1, -0.05) is 30.4 Å². The van der Waals surface area contributed by atoms with E-state index in [0.717, 1.165) is 10.2 Å². The highest BCUT2D eigenvalue weighted by Gasteiger charge is 2.06. The Morgan fingerprint density at radius 2 is 2.29 bits per heavy atom. The molecule has 0 amide bonds. The van der Waals surface area contributed by atoms with Crippen molar-refractivity contribution < 1.29 is 8.39 Å². The summed E-state index contributed by atoms with van der Waals surface area (Å²) in [5.74, 6) is 0.482. The van der Waals surface area contributed by atoms with Gasteiger partial charge in [0, 0.05) is 0 Å². The third-order valence-corrected chi connectivity index (χ3v) is 3.51. The highest BCUT2D eigenvalue weighted by Crippen LogP contribution is 2.27. The Balaban J connectivity index is 2.31. The molecule has 1 aromatic heterocycles. The van der Waals surface area contributed by atoms with Gasteiger partial charge in [-0.05, 0) is 12.1 Å². The quantitative estimate of drug-likeness (QED) is 0.808. The van der Waals surface area contributed by atoms with E-state index in [1.807, 2.05) is 31.2 Å². The number of hydrogen-bond acceptors (Lipinski definition) is 4. The van der Waals surface area contributed by atoms with E-state index in [4.69, 9.17) is 4.18 Å². The van der Waals surface area contributed by atoms with Crippen molar-refractivity contribution in [2.24, 2.45) is 0 Å². The Morgan fingerprint density at radius 3 is 3.00 bits per heavy atom. The molecular weight excluding hydrogens is 218 g/mol. The van der Waals surface area contributed by atoms with Crippen LogP contribution in [0.1, 0.15) is 6.92 Å². The van der Waals surface area contributed by atoms with Crippen LogP contribution < -0.4 is 4.18 Å². The number of para-hydroxylation sites is 1. The van der Waals surface area contributed by atoms with E-state index in [0.29, 0.717) is 10.9 Å². The molecule has 0 aliphatic heterocycles. The molecule has 1 heterocycles. The molecule has 1 aromatic carbocycles. The second-order valence-corrected chi connectivity index (χ2v) is 4.97. The number of fused-ring (bicyclic) bond motifs is 1. The molecule has 0 spiro atoms. The molecule has 5 heteroatoms. The second kappa shape index (κ2) is 4.06. The summed E-state index contributed by atoms with van der Waals surface area (Å²) >= 11 is 0.158. The second-order valence-electron chi connectivity index (χ2n) is 2.62. The van der Waals surface area contributed by atoms with E-state index < -0.39 is 11.1 Å². The van der Waals surface area contributed by atoms with Gasteiger partial charge in [0.25, 0.3) is 5.19 Å². The molecule has 0 N–H and O–H groups in total. The summed E-state index contributed by atoms with van der Waals surface area (Å²) in [5.41, 5.74) is 0.889. The fourth-order valence-corrected chi connectivity index (χ4v) is 2.40. The smallest absolute Gasteiger partial charge is 0.289 e. The lowest BCUT2D eigenvalue weighted by molar-refractivity contribution is 0.561. The van der Waals surface area contributed by atoms with Crippen molar-refractivity contribution in [2.45, 2.75) is 6.92 Å². The molecule has 1 unspecified atom stereocenters. The Hall–Kier alpha value is -0.940. The highest BCUT2D eigenvalue weighted by atomic mass is 32.2. The van der Waals surface area contributed by atoms with Crippen molar-refractivity contribution in [3.63, 3.8) is 0 Å². The zero-order valence-corrected chi connectivity index (χ0v) is 9.23. The van der Waals surface area contributed by atoms with Gasteiger partial charge in [-0.3, -0.25) is 0 Å². The molecule has 2 aromatic rings. The fraction of sp³-hybridized carbons (Fsp3) is 0.222. The molecule has 3 nitrogen and oxygen atoms in total. The summed E-state index contributed by atoms with van der Waals surface area (Å²) in [6.45, 7) is 1.81. The molecule has 0 bridgehead atoms. The topological polar surface area (TPSA) is 39.2 Å². The summed E-state index contributed by atoms with van der Waals surface area (Å²) in [4.78, 5) is 4.20. The van der Waals surface area contributed by atoms with Crippen LogP contribution in [0.5, 0.6) is 5.19 Å². The van der Waals surface area contributed by atoms with Crippen LogP contribution in [0.4, 0.5) is 0 Å². The minimum absolute atomic E-state index is 0.478. The number of rotatable bonds is 3. The molecule has 0 fully saturated rings. The molecule has 14 heavy (non-hydrogen) atoms. The van der Waals surface area contributed by atoms with Crippen LogP contribution in [0.2, 0.25) is 0 Å². The van der Waals surface area contributed by atoms with Crippen LogP contribution in [-0.4, -0.2) is 14.9 Å². The first-order valence-electron chi connectivity index (χ1n) is 4.22. The normalized spacial score (nSPS) is 12.9. The molecule has 0 aliphatic rings. The van der Waals surface area contributed by atoms with Crippen molar-refractivity contribution >= 4 is 32.6 Å². The van der Waals surface area contributed by atoms with Gasteiger partial charge in [0.15, 0.2) is 0 Å². The van der Waals surface area contributed by atoms with Gasteiger partial charge in [-0.15, -0.1) is 0 Å². The standard InChI is InChI=1S/C9H9NO2S2/c1-2-14(11)12-9-10-7-5-3-4-6-8(7)13-9/h3-6H,2H2,1H3. The maximum absolute atomic E-state index is 11.1. The zero-order valence-electron chi connectivity index (χ0n) is 7.60. The van der Waals surface area contributed by atoms with E-state index in [9.17, 15) is 4.21 Å². The van der Waals surface area contributed by atoms with Crippen LogP contribution in [0.25, 0.3) is 10.2 Å². The molecule has 2 rings (SSSR count). The van der Waals surface area contributed by atoms with E-state index in [1.54, 1.807) is 0 Å². The number of thiazole rings is 1. The minimum atomic E-state index is -1.26. The van der Waals surface area contributed by atoms with Crippen molar-refractivity contribution in [2.75, 3.05) is 5.75 Å². The summed E-state index contributed by atoms with van der Waals surface area (Å²) in [6, 6.07) is 7.74. The number of aromatic nitrogens is 1. The van der Waals surface area contributed by atoms with Gasteiger partial charge < -0.3 is 4.18 Å². The summed E-state index contributed by atoms with van der Waals surface area (Å²) in [6.07, 6.45) is 0. The number of hydrogen-bond donors (Lipinski definition) is 0. The van der Waals surface area contributed by atoms with Crippen LogP contribution >= 0.6 is 11.3 Å². The lowest BCUT2D eigenvalue weighted by Crippen LogP contribution is -2.01. The third-order valence-electron chi connectivity index (χ3n) is 1.67. The largest absolute Gasteiger partial charge is 0.369 e. The first-order valence-corrected chi connectivity index (χ1v) is 6.28. The van der Waals surface area contributed by atoms with E-state index in [-0.39, 0.29) is 0 Å². The summed E-state index contributed by atoms with van der Waals surface area (Å²) < 4.78 is 17.3. The monoisotopic (exact) mass is 227 g/mol. The van der Waals surface area contributed by atoms with Gasteiger partial charge in [0.05, 0.1) is 16.0 Å². The first kappa shape index (κ1) is 9.61. The van der Waals surface area contributed by atoms with Crippen LogP contribution in [0, 0.1) is 0 Å². The molecule has 74 valence electrons. The van der Waals surface area contributed by atoms with Gasteiger partial charge in [-0.25, -0.2) is 9.19 Å². The van der Waals surface area contributed by atoms with E-state index in [1.165, 1.54) is 11.3 Å². The van der Waals surface area contributed by atoms with Gasteiger partial charge >= 0.3 is 0 Å². The Morgan fingerprint density at radius 1 is 1.50 bits per heavy atom. The fourth-order valence-electron chi connectivity index (χ4n) is 1.03. The minimum Gasteiger partial charge on any atom is -0.369 e. The van der Waals surface area contributed by atoms with Crippen molar-refractivity contribution in [3.8, 4) is 5.19 Å². The van der Waals surface area contributed by atoms with Gasteiger partial charge in [0.2, 0.25) is 11.1 Å².